The molecule has 2 amide bonds. The molecule has 13 heteroatoms. The van der Waals surface area contributed by atoms with Crippen molar-refractivity contribution in [1.82, 2.24) is 20.3 Å². The maximum atomic E-state index is 12.4. The van der Waals surface area contributed by atoms with E-state index in [0.717, 1.165) is 35.9 Å². The summed E-state index contributed by atoms with van der Waals surface area (Å²) in [4.78, 5) is 27.6. The highest BCUT2D eigenvalue weighted by atomic mass is 35.5. The average Bonchev–Trinajstić information content (AvgIpc) is 3.03. The van der Waals surface area contributed by atoms with E-state index in [0.29, 0.717) is 53.7 Å². The highest BCUT2D eigenvalue weighted by Gasteiger charge is 2.17. The van der Waals surface area contributed by atoms with Gasteiger partial charge in [-0.15, -0.1) is 0 Å². The molecule has 1 aliphatic rings. The van der Waals surface area contributed by atoms with Crippen molar-refractivity contribution in [3.8, 4) is 11.5 Å². The number of pyridine rings is 1. The van der Waals surface area contributed by atoms with E-state index in [1.54, 1.807) is 31.5 Å². The van der Waals surface area contributed by atoms with Crippen LogP contribution in [0.15, 0.2) is 67.0 Å². The van der Waals surface area contributed by atoms with Crippen LogP contribution in [0.1, 0.15) is 5.69 Å². The van der Waals surface area contributed by atoms with Crippen molar-refractivity contribution in [1.29, 1.82) is 0 Å². The third kappa shape index (κ3) is 7.28. The van der Waals surface area contributed by atoms with Gasteiger partial charge in [-0.1, -0.05) is 17.7 Å². The normalized spacial score (nSPS) is 12.8. The topological polar surface area (TPSA) is 135 Å². The lowest BCUT2D eigenvalue weighted by Gasteiger charge is -2.30. The molecule has 2 aromatic heterocycles. The van der Waals surface area contributed by atoms with Gasteiger partial charge in [0.25, 0.3) is 0 Å². The summed E-state index contributed by atoms with van der Waals surface area (Å²) in [7, 11) is 3.18. The lowest BCUT2D eigenvalue weighted by Crippen LogP contribution is -2.36. The first-order valence-corrected chi connectivity index (χ1v) is 13.6. The number of hydrogen-bond donors (Lipinski definition) is 4. The van der Waals surface area contributed by atoms with Crippen molar-refractivity contribution in [2.75, 3.05) is 61.4 Å². The predicted octanol–water partition coefficient (Wildman–Crippen LogP) is 5.19. The van der Waals surface area contributed by atoms with E-state index in [1.165, 1.54) is 13.3 Å². The van der Waals surface area contributed by atoms with Crippen LogP contribution in [0.3, 0.4) is 0 Å². The maximum Gasteiger partial charge on any atom is 0.319 e. The first-order chi connectivity index (χ1) is 20.5. The van der Waals surface area contributed by atoms with Crippen LogP contribution in [-0.4, -0.2) is 61.5 Å². The lowest BCUT2D eigenvalue weighted by molar-refractivity contribution is 0.122. The fraction of sp³-hybridized carbons (Fsp3) is 0.241. The molecule has 3 heterocycles. The summed E-state index contributed by atoms with van der Waals surface area (Å²) in [5.41, 5.74) is 3.65. The minimum Gasteiger partial charge on any atom is -0.495 e. The van der Waals surface area contributed by atoms with Gasteiger partial charge >= 0.3 is 6.03 Å². The fourth-order valence-corrected chi connectivity index (χ4v) is 4.45. The molecule has 4 N–H and O–H groups in total. The highest BCUT2D eigenvalue weighted by Crippen LogP contribution is 2.35. The molecule has 4 aromatic rings. The van der Waals surface area contributed by atoms with E-state index in [-0.39, 0.29) is 6.03 Å². The fourth-order valence-electron chi connectivity index (χ4n) is 4.31. The van der Waals surface area contributed by atoms with Crippen LogP contribution in [-0.2, 0) is 11.3 Å². The Morgan fingerprint density at radius 1 is 0.976 bits per heavy atom. The van der Waals surface area contributed by atoms with Gasteiger partial charge in [-0.25, -0.2) is 9.78 Å². The molecule has 0 saturated carbocycles. The second kappa shape index (κ2) is 13.7. The second-order valence-corrected chi connectivity index (χ2v) is 9.58. The largest absolute Gasteiger partial charge is 0.495 e. The number of nitrogens with one attached hydrogen (secondary N) is 4. The zero-order valence-electron chi connectivity index (χ0n) is 23.2. The Morgan fingerprint density at radius 2 is 1.76 bits per heavy atom. The summed E-state index contributed by atoms with van der Waals surface area (Å²) < 4.78 is 16.7. The summed E-state index contributed by atoms with van der Waals surface area (Å²) in [6.45, 7) is 3.27. The Kier molecular flexibility index (Phi) is 9.37. The molecule has 12 nitrogen and oxygen atoms in total. The molecule has 1 fully saturated rings. The summed E-state index contributed by atoms with van der Waals surface area (Å²) in [6.07, 6.45) is 3.18. The number of methoxy groups -OCH3 is 2. The van der Waals surface area contributed by atoms with Crippen molar-refractivity contribution in [2.24, 2.45) is 0 Å². The van der Waals surface area contributed by atoms with Crippen molar-refractivity contribution in [3.63, 3.8) is 0 Å². The van der Waals surface area contributed by atoms with E-state index < -0.39 is 0 Å². The van der Waals surface area contributed by atoms with E-state index in [1.807, 2.05) is 36.4 Å². The molecule has 0 aliphatic carbocycles. The number of halogens is 1. The molecular weight excluding hydrogens is 560 g/mol. The Hall–Kier alpha value is -4.81. The van der Waals surface area contributed by atoms with Gasteiger partial charge in [-0.05, 0) is 36.4 Å². The zero-order chi connectivity index (χ0) is 29.3. The average molecular weight is 591 g/mol. The summed E-state index contributed by atoms with van der Waals surface area (Å²) >= 11 is 6.42. The molecule has 1 aliphatic heterocycles. The first-order valence-electron chi connectivity index (χ1n) is 13.2. The maximum absolute atomic E-state index is 12.4. The first kappa shape index (κ1) is 28.7. The van der Waals surface area contributed by atoms with Gasteiger partial charge in [-0.2, -0.15) is 4.98 Å². The number of carbonyl (C=O) groups is 1. The van der Waals surface area contributed by atoms with E-state index in [2.05, 4.69) is 41.1 Å². The third-order valence-corrected chi connectivity index (χ3v) is 6.68. The van der Waals surface area contributed by atoms with Crippen LogP contribution in [0.2, 0.25) is 5.02 Å². The number of morpholine rings is 1. The molecule has 0 atom stereocenters. The van der Waals surface area contributed by atoms with Crippen molar-refractivity contribution in [3.05, 3.63) is 77.7 Å². The van der Waals surface area contributed by atoms with Crippen molar-refractivity contribution in [2.45, 2.75) is 6.54 Å². The monoisotopic (exact) mass is 590 g/mol. The molecule has 2 aromatic carbocycles. The Labute approximate surface area is 248 Å². The number of amides is 2. The number of hydrogen-bond acceptors (Lipinski definition) is 10. The molecule has 0 unspecified atom stereocenters. The van der Waals surface area contributed by atoms with Crippen LogP contribution >= 0.6 is 11.6 Å². The molecule has 42 heavy (non-hydrogen) atoms. The molecule has 0 spiro atoms. The van der Waals surface area contributed by atoms with E-state index in [4.69, 9.17) is 25.8 Å². The molecule has 0 radical (unpaired) electrons. The number of ether oxygens (including phenoxy) is 3. The number of urea groups is 1. The number of aromatic nitrogens is 3. The van der Waals surface area contributed by atoms with Crippen molar-refractivity contribution >= 4 is 52.1 Å². The summed E-state index contributed by atoms with van der Waals surface area (Å²) in [5, 5.41) is 12.3. The molecule has 1 saturated heterocycles. The number of rotatable bonds is 10. The quantitative estimate of drug-likeness (QED) is 0.195. The lowest BCUT2D eigenvalue weighted by atomic mass is 10.2. The minimum absolute atomic E-state index is 0.297. The van der Waals surface area contributed by atoms with Crippen LogP contribution in [0.25, 0.3) is 0 Å². The SMILES string of the molecule is COc1cc(NC(=O)NCc2ccccn2)ccc1Nc1ncc(Cl)c(Nc2ccc(N3CCOCC3)c(OC)c2)n1. The standard InChI is InChI=1S/C29H31ClN8O4/c1-40-25-15-20(35-29(39)33-17-21-5-3-4-10-31-21)6-8-23(25)36-28-32-18-22(30)27(37-28)34-19-7-9-24(26(16-19)41-2)38-11-13-42-14-12-38/h3-10,15-16,18H,11-14,17H2,1-2H3,(H2,33,35,39)(H2,32,34,36,37). The van der Waals surface area contributed by atoms with E-state index in [9.17, 15) is 4.79 Å². The van der Waals surface area contributed by atoms with Crippen LogP contribution in [0.4, 0.5) is 39.3 Å². The smallest absolute Gasteiger partial charge is 0.319 e. The summed E-state index contributed by atoms with van der Waals surface area (Å²) in [5.74, 6) is 1.92. The van der Waals surface area contributed by atoms with Gasteiger partial charge < -0.3 is 40.4 Å². The Bertz CT molecular complexity index is 1520. The van der Waals surface area contributed by atoms with Gasteiger partial charge in [0.05, 0.1) is 57.2 Å². The Balaban J connectivity index is 1.25. The summed E-state index contributed by atoms with van der Waals surface area (Å²) in [6, 6.07) is 16.2. The molecule has 218 valence electrons. The van der Waals surface area contributed by atoms with Gasteiger partial charge in [0.1, 0.15) is 16.5 Å². The number of nitrogens with zero attached hydrogens (tertiary/aromatic N) is 4. The van der Waals surface area contributed by atoms with Crippen molar-refractivity contribution < 1.29 is 19.0 Å². The predicted molar refractivity (Wildman–Crippen MR) is 163 cm³/mol. The second-order valence-electron chi connectivity index (χ2n) is 9.17. The minimum atomic E-state index is -0.366. The van der Waals surface area contributed by atoms with E-state index >= 15 is 0 Å². The molecule has 5 rings (SSSR count). The Morgan fingerprint density at radius 3 is 2.52 bits per heavy atom. The van der Waals surface area contributed by atoms with Gasteiger partial charge in [0.2, 0.25) is 5.95 Å². The number of carbonyl (C=O) groups excluding carboxylic acids is 1. The zero-order valence-corrected chi connectivity index (χ0v) is 23.9. The van der Waals surface area contributed by atoms with Crippen LogP contribution in [0.5, 0.6) is 11.5 Å². The highest BCUT2D eigenvalue weighted by molar-refractivity contribution is 6.32. The van der Waals surface area contributed by atoms with Gasteiger partial charge in [0.15, 0.2) is 5.82 Å². The van der Waals surface area contributed by atoms with Crippen LogP contribution < -0.4 is 35.6 Å². The van der Waals surface area contributed by atoms with Gasteiger partial charge in [-0.3, -0.25) is 4.98 Å². The van der Waals surface area contributed by atoms with Gasteiger partial charge in [0, 0.05) is 42.8 Å². The molecular formula is C29H31ClN8O4. The number of anilines is 6. The molecule has 0 bridgehead atoms. The number of benzene rings is 2. The van der Waals surface area contributed by atoms with Crippen LogP contribution in [0, 0.1) is 0 Å². The third-order valence-electron chi connectivity index (χ3n) is 6.40.